The first-order chi connectivity index (χ1) is 8.81. The number of fused-ring (bicyclic) bond motifs is 1. The third-order valence-electron chi connectivity index (χ3n) is 3.57. The predicted molar refractivity (Wildman–Crippen MR) is 69.9 cm³/mol. The summed E-state index contributed by atoms with van der Waals surface area (Å²) in [7, 11) is 0. The van der Waals surface area contributed by atoms with E-state index in [4.69, 9.17) is 4.74 Å². The molecule has 1 fully saturated rings. The topological polar surface area (TPSA) is 50.4 Å². The molecule has 0 bridgehead atoms. The quantitative estimate of drug-likeness (QED) is 0.835. The van der Waals surface area contributed by atoms with Crippen molar-refractivity contribution in [1.82, 2.24) is 5.32 Å². The highest BCUT2D eigenvalue weighted by Crippen LogP contribution is 2.29. The van der Waals surface area contributed by atoms with E-state index in [0.29, 0.717) is 6.04 Å². The Bertz CT molecular complexity index is 453. The molecule has 0 saturated carbocycles. The van der Waals surface area contributed by atoms with Crippen LogP contribution in [0.15, 0.2) is 18.2 Å². The molecule has 1 unspecified atom stereocenters. The van der Waals surface area contributed by atoms with E-state index in [0.717, 1.165) is 24.4 Å². The van der Waals surface area contributed by atoms with E-state index < -0.39 is 0 Å². The van der Waals surface area contributed by atoms with Crippen molar-refractivity contribution in [2.24, 2.45) is 0 Å². The van der Waals surface area contributed by atoms with Gasteiger partial charge >= 0.3 is 0 Å². The molecule has 0 aliphatic carbocycles. The maximum atomic E-state index is 11.3. The summed E-state index contributed by atoms with van der Waals surface area (Å²) in [5.74, 6) is 0.699. The van der Waals surface area contributed by atoms with Crippen LogP contribution in [0.5, 0.6) is 5.75 Å². The van der Waals surface area contributed by atoms with Crippen molar-refractivity contribution in [3.8, 4) is 5.75 Å². The largest absolute Gasteiger partial charge is 0.482 e. The van der Waals surface area contributed by atoms with Gasteiger partial charge in [0, 0.05) is 6.04 Å². The molecule has 1 saturated heterocycles. The Labute approximate surface area is 107 Å². The van der Waals surface area contributed by atoms with Crippen molar-refractivity contribution < 1.29 is 9.53 Å². The van der Waals surface area contributed by atoms with Gasteiger partial charge in [-0.2, -0.15) is 0 Å². The Hall–Kier alpha value is -1.55. The summed E-state index contributed by atoms with van der Waals surface area (Å²) in [6.07, 6.45) is 4.84. The van der Waals surface area contributed by atoms with Gasteiger partial charge in [-0.25, -0.2) is 0 Å². The van der Waals surface area contributed by atoms with E-state index in [1.54, 1.807) is 0 Å². The second-order valence-electron chi connectivity index (χ2n) is 5.02. The summed E-state index contributed by atoms with van der Waals surface area (Å²) < 4.78 is 5.35. The van der Waals surface area contributed by atoms with Crippen molar-refractivity contribution in [1.29, 1.82) is 0 Å². The molecule has 2 heterocycles. The zero-order chi connectivity index (χ0) is 12.4. The van der Waals surface area contributed by atoms with Crippen LogP contribution in [0.25, 0.3) is 0 Å². The van der Waals surface area contributed by atoms with Crippen LogP contribution in [0.1, 0.15) is 24.8 Å². The summed E-state index contributed by atoms with van der Waals surface area (Å²) in [4.78, 5) is 11.3. The van der Waals surface area contributed by atoms with Crippen molar-refractivity contribution in [2.45, 2.75) is 31.7 Å². The zero-order valence-electron chi connectivity index (χ0n) is 10.4. The van der Waals surface area contributed by atoms with Gasteiger partial charge in [-0.1, -0.05) is 12.5 Å². The molecule has 2 aliphatic rings. The Balaban J connectivity index is 1.73. The normalized spacial score (nSPS) is 22.9. The van der Waals surface area contributed by atoms with Gasteiger partial charge < -0.3 is 15.4 Å². The summed E-state index contributed by atoms with van der Waals surface area (Å²) in [5, 5.41) is 6.39. The first kappa shape index (κ1) is 11.5. The zero-order valence-corrected chi connectivity index (χ0v) is 10.4. The van der Waals surface area contributed by atoms with Gasteiger partial charge in [0.2, 0.25) is 0 Å². The lowest BCUT2D eigenvalue weighted by Crippen LogP contribution is -2.35. The number of ether oxygens (including phenoxy) is 1. The van der Waals surface area contributed by atoms with E-state index in [1.165, 1.54) is 24.8 Å². The van der Waals surface area contributed by atoms with Crippen LogP contribution in [0.4, 0.5) is 5.69 Å². The fourth-order valence-electron chi connectivity index (χ4n) is 2.64. The molecule has 2 aliphatic heterocycles. The number of benzene rings is 1. The Morgan fingerprint density at radius 3 is 3.11 bits per heavy atom. The van der Waals surface area contributed by atoms with Crippen LogP contribution in [0.2, 0.25) is 0 Å². The highest BCUT2D eigenvalue weighted by atomic mass is 16.5. The number of nitrogens with one attached hydrogen (secondary N) is 2. The third-order valence-corrected chi connectivity index (χ3v) is 3.57. The van der Waals surface area contributed by atoms with Crippen molar-refractivity contribution in [2.75, 3.05) is 18.5 Å². The van der Waals surface area contributed by atoms with Gasteiger partial charge in [-0.15, -0.1) is 0 Å². The molecule has 1 aromatic rings. The fourth-order valence-corrected chi connectivity index (χ4v) is 2.64. The highest BCUT2D eigenvalue weighted by molar-refractivity contribution is 5.95. The molecular formula is C14H18N2O2. The standard InChI is InChI=1S/C14H18N2O2/c17-14-9-18-13-5-4-10(8-12(13)16-14)7-11-3-1-2-6-15-11/h4-5,8,11,15H,1-3,6-7,9H2,(H,16,17). The minimum atomic E-state index is -0.0737. The maximum absolute atomic E-state index is 11.3. The highest BCUT2D eigenvalue weighted by Gasteiger charge is 2.18. The van der Waals surface area contributed by atoms with Gasteiger partial charge in [-0.05, 0) is 43.5 Å². The number of rotatable bonds is 2. The van der Waals surface area contributed by atoms with Crippen LogP contribution < -0.4 is 15.4 Å². The predicted octanol–water partition coefficient (Wildman–Crippen LogP) is 1.70. The molecule has 0 radical (unpaired) electrons. The van der Waals surface area contributed by atoms with E-state index in [-0.39, 0.29) is 12.5 Å². The lowest BCUT2D eigenvalue weighted by molar-refractivity contribution is -0.118. The molecule has 4 heteroatoms. The number of amides is 1. The fraction of sp³-hybridized carbons (Fsp3) is 0.500. The molecule has 1 atom stereocenters. The first-order valence-electron chi connectivity index (χ1n) is 6.60. The Morgan fingerprint density at radius 1 is 1.33 bits per heavy atom. The first-order valence-corrected chi connectivity index (χ1v) is 6.60. The molecule has 0 aromatic heterocycles. The summed E-state index contributed by atoms with van der Waals surface area (Å²) in [6.45, 7) is 1.24. The average Bonchev–Trinajstić information content (AvgIpc) is 2.39. The molecule has 0 spiro atoms. The molecule has 4 nitrogen and oxygen atoms in total. The average molecular weight is 246 g/mol. The van der Waals surface area contributed by atoms with Gasteiger partial charge in [0.05, 0.1) is 5.69 Å². The molecule has 2 N–H and O–H groups in total. The number of carbonyl (C=O) groups excluding carboxylic acids is 1. The van der Waals surface area contributed by atoms with Crippen molar-refractivity contribution >= 4 is 11.6 Å². The maximum Gasteiger partial charge on any atom is 0.262 e. The SMILES string of the molecule is O=C1COc2ccc(CC3CCCCN3)cc2N1. The van der Waals surface area contributed by atoms with Crippen LogP contribution in [-0.4, -0.2) is 25.1 Å². The summed E-state index contributed by atoms with van der Waals surface area (Å²) >= 11 is 0. The molecule has 3 rings (SSSR count). The molecule has 18 heavy (non-hydrogen) atoms. The number of hydrogen-bond acceptors (Lipinski definition) is 3. The van der Waals surface area contributed by atoms with Gasteiger partial charge in [0.25, 0.3) is 5.91 Å². The lowest BCUT2D eigenvalue weighted by atomic mass is 9.97. The minimum Gasteiger partial charge on any atom is -0.482 e. The second-order valence-corrected chi connectivity index (χ2v) is 5.02. The lowest BCUT2D eigenvalue weighted by Gasteiger charge is -2.24. The van der Waals surface area contributed by atoms with Crippen LogP contribution in [0.3, 0.4) is 0 Å². The van der Waals surface area contributed by atoms with Gasteiger partial charge in [0.1, 0.15) is 5.75 Å². The monoisotopic (exact) mass is 246 g/mol. The number of piperidine rings is 1. The molecule has 1 aromatic carbocycles. The summed E-state index contributed by atoms with van der Waals surface area (Å²) in [6, 6.07) is 6.64. The number of hydrogen-bond donors (Lipinski definition) is 2. The van der Waals surface area contributed by atoms with E-state index in [2.05, 4.69) is 16.7 Å². The van der Waals surface area contributed by atoms with Gasteiger partial charge in [0.15, 0.2) is 6.61 Å². The van der Waals surface area contributed by atoms with E-state index >= 15 is 0 Å². The van der Waals surface area contributed by atoms with Crippen molar-refractivity contribution in [3.05, 3.63) is 23.8 Å². The summed E-state index contributed by atoms with van der Waals surface area (Å²) in [5.41, 5.74) is 2.05. The van der Waals surface area contributed by atoms with E-state index in [1.807, 2.05) is 12.1 Å². The Morgan fingerprint density at radius 2 is 2.28 bits per heavy atom. The number of carbonyl (C=O) groups is 1. The smallest absolute Gasteiger partial charge is 0.262 e. The molecule has 1 amide bonds. The van der Waals surface area contributed by atoms with Crippen LogP contribution >= 0.6 is 0 Å². The molecule has 96 valence electrons. The van der Waals surface area contributed by atoms with E-state index in [9.17, 15) is 4.79 Å². The Kier molecular flexibility index (Phi) is 3.19. The van der Waals surface area contributed by atoms with Crippen LogP contribution in [0, 0.1) is 0 Å². The minimum absolute atomic E-state index is 0.0737. The van der Waals surface area contributed by atoms with Crippen molar-refractivity contribution in [3.63, 3.8) is 0 Å². The van der Waals surface area contributed by atoms with Gasteiger partial charge in [-0.3, -0.25) is 4.79 Å². The number of anilines is 1. The van der Waals surface area contributed by atoms with Crippen LogP contribution in [-0.2, 0) is 11.2 Å². The third kappa shape index (κ3) is 2.48. The second kappa shape index (κ2) is 4.98. The molecular weight excluding hydrogens is 228 g/mol.